The molecule has 0 bridgehead atoms. The van der Waals surface area contributed by atoms with E-state index < -0.39 is 0 Å². The van der Waals surface area contributed by atoms with Gasteiger partial charge in [-0.05, 0) is 0 Å². The number of nitroso groups, excluding NO2 is 1. The summed E-state index contributed by atoms with van der Waals surface area (Å²) in [5, 5.41) is 12.6. The molecule has 5 nitrogen and oxygen atoms in total. The standard InChI is InChI=1S/C4H11N3O2.Na.H/c1-3-6(4-2)7(9)5-8;;/h9H,3-4H2,1-2H3;;. The Bertz CT molecular complexity index is 88.6. The molecule has 0 aliphatic carbocycles. The fraction of sp³-hybridized carbons (Fsp3) is 1.00. The molecule has 0 spiro atoms. The zero-order chi connectivity index (χ0) is 7.28. The van der Waals surface area contributed by atoms with E-state index in [1.165, 1.54) is 5.01 Å². The Kier molecular flexibility index (Phi) is 9.62. The van der Waals surface area contributed by atoms with Crippen LogP contribution in [0.2, 0.25) is 0 Å². The van der Waals surface area contributed by atoms with E-state index in [-0.39, 0.29) is 29.6 Å². The van der Waals surface area contributed by atoms with Crippen molar-refractivity contribution in [3.63, 3.8) is 0 Å². The normalized spacial score (nSPS) is 8.80. The van der Waals surface area contributed by atoms with E-state index in [0.717, 1.165) is 0 Å². The predicted molar refractivity (Wildman–Crippen MR) is 39.5 cm³/mol. The molecule has 0 aromatic heterocycles. The van der Waals surface area contributed by atoms with Crippen LogP contribution in [0.5, 0.6) is 0 Å². The number of hydrogen-bond donors (Lipinski definition) is 1. The molecule has 0 atom stereocenters. The molecule has 0 heterocycles. The van der Waals surface area contributed by atoms with E-state index in [2.05, 4.69) is 5.29 Å². The summed E-state index contributed by atoms with van der Waals surface area (Å²) in [6.45, 7) is 4.77. The van der Waals surface area contributed by atoms with Crippen LogP contribution in [-0.4, -0.2) is 58.1 Å². The van der Waals surface area contributed by atoms with Crippen molar-refractivity contribution in [2.45, 2.75) is 13.8 Å². The van der Waals surface area contributed by atoms with E-state index in [0.29, 0.717) is 18.4 Å². The molecule has 1 N–H and O–H groups in total. The van der Waals surface area contributed by atoms with Crippen molar-refractivity contribution in [3.8, 4) is 0 Å². The second-order valence-electron chi connectivity index (χ2n) is 1.49. The van der Waals surface area contributed by atoms with Gasteiger partial charge in [-0.3, -0.25) is 5.21 Å². The average Bonchev–Trinajstić information content (AvgIpc) is 1.90. The Morgan fingerprint density at radius 3 is 1.90 bits per heavy atom. The molecule has 56 valence electrons. The van der Waals surface area contributed by atoms with Crippen molar-refractivity contribution in [1.29, 1.82) is 0 Å². The second-order valence-corrected chi connectivity index (χ2v) is 1.49. The van der Waals surface area contributed by atoms with Crippen LogP contribution in [0.25, 0.3) is 0 Å². The van der Waals surface area contributed by atoms with Gasteiger partial charge in [0.25, 0.3) is 0 Å². The van der Waals surface area contributed by atoms with Gasteiger partial charge in [-0.2, -0.15) is 5.01 Å². The summed E-state index contributed by atoms with van der Waals surface area (Å²) in [6, 6.07) is 0. The number of hydrazine groups is 1. The fourth-order valence-electron chi connectivity index (χ4n) is 0.528. The molecule has 0 aromatic rings. The second kappa shape index (κ2) is 7.43. The van der Waals surface area contributed by atoms with E-state index in [9.17, 15) is 4.91 Å². The molecule has 6 heteroatoms. The van der Waals surface area contributed by atoms with Gasteiger partial charge < -0.3 is 0 Å². The maximum absolute atomic E-state index is 9.65. The molecule has 0 unspecified atom stereocenters. The number of nitrogens with zero attached hydrogens (tertiary/aromatic N) is 3. The van der Waals surface area contributed by atoms with Crippen molar-refractivity contribution < 1.29 is 5.21 Å². The zero-order valence-corrected chi connectivity index (χ0v) is 5.61. The summed E-state index contributed by atoms with van der Waals surface area (Å²) in [7, 11) is 0. The van der Waals surface area contributed by atoms with Gasteiger partial charge in [-0.25, -0.2) is 0 Å². The molecule has 0 aliphatic rings. The van der Waals surface area contributed by atoms with Gasteiger partial charge in [0.2, 0.25) is 0 Å². The van der Waals surface area contributed by atoms with E-state index >= 15 is 0 Å². The quantitative estimate of drug-likeness (QED) is 0.353. The van der Waals surface area contributed by atoms with Crippen molar-refractivity contribution in [2.75, 3.05) is 13.1 Å². The van der Waals surface area contributed by atoms with Gasteiger partial charge >= 0.3 is 29.6 Å². The molecular formula is C4H12N3NaO2. The number of hydrogen-bond acceptors (Lipinski definition) is 4. The van der Waals surface area contributed by atoms with Gasteiger partial charge in [0, 0.05) is 13.1 Å². The zero-order valence-electron chi connectivity index (χ0n) is 5.61. The first-order valence-electron chi connectivity index (χ1n) is 2.83. The number of rotatable bonds is 4. The molecule has 0 fully saturated rings. The molecule has 0 amide bonds. The molecule has 0 saturated heterocycles. The third-order valence-electron chi connectivity index (χ3n) is 1.06. The van der Waals surface area contributed by atoms with Crippen molar-refractivity contribution in [1.82, 2.24) is 10.3 Å². The van der Waals surface area contributed by atoms with Gasteiger partial charge in [-0.1, -0.05) is 19.1 Å². The van der Waals surface area contributed by atoms with Crippen LogP contribution in [0.15, 0.2) is 5.29 Å². The van der Waals surface area contributed by atoms with Crippen molar-refractivity contribution >= 4 is 29.6 Å². The molecular weight excluding hydrogens is 145 g/mol. The van der Waals surface area contributed by atoms with Gasteiger partial charge in [0.15, 0.2) is 0 Å². The summed E-state index contributed by atoms with van der Waals surface area (Å²) >= 11 is 0. The first kappa shape index (κ1) is 12.9. The molecule has 0 rings (SSSR count). The Morgan fingerprint density at radius 1 is 1.40 bits per heavy atom. The first-order chi connectivity index (χ1) is 4.26. The molecule has 0 aliphatic heterocycles. The third kappa shape index (κ3) is 4.19. The average molecular weight is 157 g/mol. The van der Waals surface area contributed by atoms with Gasteiger partial charge in [0.1, 0.15) is 0 Å². The van der Waals surface area contributed by atoms with Crippen LogP contribution in [0.4, 0.5) is 0 Å². The summed E-state index contributed by atoms with van der Waals surface area (Å²) in [6.07, 6.45) is 0. The first-order valence-corrected chi connectivity index (χ1v) is 2.83. The van der Waals surface area contributed by atoms with Crippen molar-refractivity contribution in [2.24, 2.45) is 5.29 Å². The minimum absolute atomic E-state index is 0. The van der Waals surface area contributed by atoms with Crippen molar-refractivity contribution in [3.05, 3.63) is 4.91 Å². The Balaban J connectivity index is 0. The summed E-state index contributed by atoms with van der Waals surface area (Å²) in [5.41, 5.74) is 0. The maximum atomic E-state index is 9.65. The van der Waals surface area contributed by atoms with Crippen LogP contribution in [0.1, 0.15) is 13.8 Å². The van der Waals surface area contributed by atoms with Crippen LogP contribution in [0, 0.1) is 4.91 Å². The monoisotopic (exact) mass is 157 g/mol. The molecule has 0 radical (unpaired) electrons. The van der Waals surface area contributed by atoms with Gasteiger partial charge in [-0.15, -0.1) is 4.91 Å². The van der Waals surface area contributed by atoms with E-state index in [1.54, 1.807) is 0 Å². The molecule has 10 heavy (non-hydrogen) atoms. The Hall–Kier alpha value is 0.320. The molecule has 0 saturated carbocycles. The van der Waals surface area contributed by atoms with Crippen LogP contribution < -0.4 is 0 Å². The fourth-order valence-corrected chi connectivity index (χ4v) is 0.528. The third-order valence-corrected chi connectivity index (χ3v) is 1.06. The van der Waals surface area contributed by atoms with Crippen LogP contribution in [0.3, 0.4) is 0 Å². The summed E-state index contributed by atoms with van der Waals surface area (Å²) in [5.74, 6) is 0. The van der Waals surface area contributed by atoms with Crippen LogP contribution in [-0.2, 0) is 0 Å². The molecule has 0 aromatic carbocycles. The topological polar surface area (TPSA) is 56.1 Å². The Labute approximate surface area is 82.2 Å². The van der Waals surface area contributed by atoms with E-state index in [4.69, 9.17) is 5.21 Å². The summed E-state index contributed by atoms with van der Waals surface area (Å²) < 4.78 is 0. The van der Waals surface area contributed by atoms with E-state index in [1.807, 2.05) is 13.8 Å². The van der Waals surface area contributed by atoms with Gasteiger partial charge in [0.05, 0.1) is 5.29 Å². The van der Waals surface area contributed by atoms with Crippen LogP contribution >= 0.6 is 0 Å². The minimum atomic E-state index is 0. The summed E-state index contributed by atoms with van der Waals surface area (Å²) in [4.78, 5) is 9.65. The predicted octanol–water partition coefficient (Wildman–Crippen LogP) is -0.0327. The SMILES string of the molecule is CCN(CC)N(O)N=O.[NaH]. The Morgan fingerprint density at radius 2 is 1.80 bits per heavy atom.